The van der Waals surface area contributed by atoms with E-state index in [9.17, 15) is 9.59 Å². The Kier molecular flexibility index (Phi) is 10.5. The van der Waals surface area contributed by atoms with Crippen LogP contribution in [-0.4, -0.2) is 55.2 Å². The molecule has 2 N–H and O–H groups in total. The van der Waals surface area contributed by atoms with Gasteiger partial charge in [-0.15, -0.1) is 0 Å². The Labute approximate surface area is 135 Å². The molecule has 0 unspecified atom stereocenters. The zero-order valence-corrected chi connectivity index (χ0v) is 14.5. The van der Waals surface area contributed by atoms with Crippen LogP contribution in [0.2, 0.25) is 0 Å². The SMILES string of the molecule is C=C(C)C(=O)NCCC[N+](C)(C)CCCCCCCC(=O)O. The predicted molar refractivity (Wildman–Crippen MR) is 89.6 cm³/mol. The van der Waals surface area contributed by atoms with Gasteiger partial charge in [-0.2, -0.15) is 0 Å². The molecule has 5 nitrogen and oxygen atoms in total. The Morgan fingerprint density at radius 2 is 1.55 bits per heavy atom. The summed E-state index contributed by atoms with van der Waals surface area (Å²) in [5.74, 6) is -0.761. The van der Waals surface area contributed by atoms with Crippen LogP contribution in [0.25, 0.3) is 0 Å². The maximum Gasteiger partial charge on any atom is 0.303 e. The maximum absolute atomic E-state index is 11.4. The minimum atomic E-state index is -0.698. The van der Waals surface area contributed by atoms with Crippen LogP contribution in [0.1, 0.15) is 51.9 Å². The van der Waals surface area contributed by atoms with Crippen molar-refractivity contribution in [3.8, 4) is 0 Å². The number of rotatable bonds is 13. The highest BCUT2D eigenvalue weighted by atomic mass is 16.4. The highest BCUT2D eigenvalue weighted by Gasteiger charge is 2.14. The first-order valence-corrected chi connectivity index (χ1v) is 8.22. The Morgan fingerprint density at radius 3 is 2.14 bits per heavy atom. The van der Waals surface area contributed by atoms with Crippen molar-refractivity contribution in [2.24, 2.45) is 0 Å². The number of hydrogen-bond acceptors (Lipinski definition) is 2. The number of aliphatic carboxylic acids is 1. The van der Waals surface area contributed by atoms with Crippen LogP contribution >= 0.6 is 0 Å². The van der Waals surface area contributed by atoms with E-state index in [-0.39, 0.29) is 12.3 Å². The van der Waals surface area contributed by atoms with Crippen LogP contribution in [0.5, 0.6) is 0 Å². The summed E-state index contributed by atoms with van der Waals surface area (Å²) in [7, 11) is 4.43. The Balaban J connectivity index is 3.58. The van der Waals surface area contributed by atoms with E-state index in [4.69, 9.17) is 5.11 Å². The number of carbonyl (C=O) groups is 2. The van der Waals surface area contributed by atoms with Crippen molar-refractivity contribution < 1.29 is 19.2 Å². The molecule has 0 spiro atoms. The molecule has 0 radical (unpaired) electrons. The summed E-state index contributed by atoms with van der Waals surface area (Å²) in [6.45, 7) is 8.18. The average Bonchev–Trinajstić information content (AvgIpc) is 2.41. The first-order chi connectivity index (χ1) is 10.2. The maximum atomic E-state index is 11.4. The summed E-state index contributed by atoms with van der Waals surface area (Å²) in [5.41, 5.74) is 0.552. The molecule has 0 aromatic rings. The molecule has 0 aromatic carbocycles. The fourth-order valence-corrected chi connectivity index (χ4v) is 2.32. The summed E-state index contributed by atoms with van der Waals surface area (Å²) in [5, 5.41) is 11.4. The van der Waals surface area contributed by atoms with Crippen LogP contribution in [0.3, 0.4) is 0 Å². The largest absolute Gasteiger partial charge is 0.481 e. The second kappa shape index (κ2) is 11.2. The minimum Gasteiger partial charge on any atom is -0.481 e. The van der Waals surface area contributed by atoms with E-state index in [1.807, 2.05) is 0 Å². The van der Waals surface area contributed by atoms with Gasteiger partial charge in [-0.05, 0) is 26.2 Å². The van der Waals surface area contributed by atoms with Gasteiger partial charge in [0.05, 0.1) is 27.2 Å². The normalized spacial score (nSPS) is 11.2. The summed E-state index contributed by atoms with van der Waals surface area (Å²) < 4.78 is 0.956. The highest BCUT2D eigenvalue weighted by molar-refractivity contribution is 5.91. The van der Waals surface area contributed by atoms with Crippen molar-refractivity contribution >= 4 is 11.9 Å². The molecule has 0 bridgehead atoms. The van der Waals surface area contributed by atoms with E-state index in [0.717, 1.165) is 56.1 Å². The number of carboxylic acids is 1. The lowest BCUT2D eigenvalue weighted by Gasteiger charge is -2.30. The van der Waals surface area contributed by atoms with Crippen molar-refractivity contribution in [3.05, 3.63) is 12.2 Å². The summed E-state index contributed by atoms with van der Waals surface area (Å²) in [6, 6.07) is 0. The highest BCUT2D eigenvalue weighted by Crippen LogP contribution is 2.09. The van der Waals surface area contributed by atoms with Gasteiger partial charge in [0.25, 0.3) is 0 Å². The number of hydrogen-bond donors (Lipinski definition) is 2. The first kappa shape index (κ1) is 20.6. The molecule has 128 valence electrons. The third-order valence-electron chi connectivity index (χ3n) is 3.77. The number of unbranched alkanes of at least 4 members (excludes halogenated alkanes) is 4. The van der Waals surface area contributed by atoms with Gasteiger partial charge in [0.15, 0.2) is 0 Å². The van der Waals surface area contributed by atoms with Gasteiger partial charge in [-0.25, -0.2) is 0 Å². The van der Waals surface area contributed by atoms with Crippen molar-refractivity contribution in [3.63, 3.8) is 0 Å². The van der Waals surface area contributed by atoms with Gasteiger partial charge in [-0.1, -0.05) is 19.4 Å². The van der Waals surface area contributed by atoms with Gasteiger partial charge < -0.3 is 14.9 Å². The zero-order valence-electron chi connectivity index (χ0n) is 14.5. The molecule has 0 saturated carbocycles. The fourth-order valence-electron chi connectivity index (χ4n) is 2.32. The second-order valence-electron chi connectivity index (χ2n) is 6.68. The number of nitrogens with zero attached hydrogens (tertiary/aromatic N) is 1. The molecule has 0 aliphatic heterocycles. The number of amides is 1. The molecule has 1 amide bonds. The Bertz CT molecular complexity index is 365. The third kappa shape index (κ3) is 12.4. The molecule has 0 heterocycles. The van der Waals surface area contributed by atoms with Gasteiger partial charge >= 0.3 is 5.97 Å². The fraction of sp³-hybridized carbons (Fsp3) is 0.765. The van der Waals surface area contributed by atoms with Crippen molar-refractivity contribution in [2.75, 3.05) is 33.7 Å². The number of carbonyl (C=O) groups excluding carboxylic acids is 1. The summed E-state index contributed by atoms with van der Waals surface area (Å²) in [6.07, 6.45) is 6.48. The standard InChI is InChI=1S/C17H32N2O3/c1-15(2)17(22)18-12-10-14-19(3,4)13-9-7-5-6-8-11-16(20)21/h1,5-14H2,2-4H3,(H-,18,20,21,22)/p+1. The number of nitrogens with one attached hydrogen (secondary N) is 1. The molecule has 0 saturated heterocycles. The van der Waals surface area contributed by atoms with Gasteiger partial charge in [0.1, 0.15) is 0 Å². The summed E-state index contributed by atoms with van der Waals surface area (Å²) >= 11 is 0. The molecule has 0 aliphatic rings. The van der Waals surface area contributed by atoms with E-state index in [0.29, 0.717) is 12.1 Å². The smallest absolute Gasteiger partial charge is 0.303 e. The first-order valence-electron chi connectivity index (χ1n) is 8.22. The second-order valence-corrected chi connectivity index (χ2v) is 6.68. The van der Waals surface area contributed by atoms with E-state index in [1.54, 1.807) is 6.92 Å². The lowest BCUT2D eigenvalue weighted by atomic mass is 10.1. The van der Waals surface area contributed by atoms with Crippen LogP contribution in [0, 0.1) is 0 Å². The minimum absolute atomic E-state index is 0.0633. The lowest BCUT2D eigenvalue weighted by molar-refractivity contribution is -0.890. The van der Waals surface area contributed by atoms with E-state index < -0.39 is 5.97 Å². The van der Waals surface area contributed by atoms with E-state index in [2.05, 4.69) is 26.0 Å². The molecule has 0 aliphatic carbocycles. The van der Waals surface area contributed by atoms with E-state index in [1.165, 1.54) is 0 Å². The Morgan fingerprint density at radius 1 is 1.00 bits per heavy atom. The van der Waals surface area contributed by atoms with Gasteiger partial charge in [-0.3, -0.25) is 9.59 Å². The van der Waals surface area contributed by atoms with E-state index >= 15 is 0 Å². The van der Waals surface area contributed by atoms with Crippen LogP contribution in [0.15, 0.2) is 12.2 Å². The van der Waals surface area contributed by atoms with Gasteiger partial charge in [0, 0.05) is 25.0 Å². The van der Waals surface area contributed by atoms with Crippen LogP contribution in [0.4, 0.5) is 0 Å². The predicted octanol–water partition coefficient (Wildman–Crippen LogP) is 2.57. The summed E-state index contributed by atoms with van der Waals surface area (Å²) in [4.78, 5) is 21.7. The number of carboxylic acid groups (broad SMARTS) is 1. The topological polar surface area (TPSA) is 66.4 Å². The molecule has 0 aromatic heterocycles. The van der Waals surface area contributed by atoms with Crippen LogP contribution in [-0.2, 0) is 9.59 Å². The molecular weight excluding hydrogens is 280 g/mol. The number of quaternary nitrogens is 1. The quantitative estimate of drug-likeness (QED) is 0.312. The molecule has 22 heavy (non-hydrogen) atoms. The van der Waals surface area contributed by atoms with Crippen molar-refractivity contribution in [1.29, 1.82) is 0 Å². The molecule has 5 heteroatoms. The third-order valence-corrected chi connectivity index (χ3v) is 3.77. The zero-order chi connectivity index (χ0) is 17.0. The van der Waals surface area contributed by atoms with Crippen LogP contribution < -0.4 is 5.32 Å². The molecule has 0 fully saturated rings. The van der Waals surface area contributed by atoms with Gasteiger partial charge in [0.2, 0.25) is 5.91 Å². The molecular formula is C17H33N2O3+. The van der Waals surface area contributed by atoms with Crippen molar-refractivity contribution in [2.45, 2.75) is 51.9 Å². The average molecular weight is 313 g/mol. The lowest BCUT2D eigenvalue weighted by Crippen LogP contribution is -2.42. The molecule has 0 atom stereocenters. The molecule has 0 rings (SSSR count). The Hall–Kier alpha value is -1.36. The monoisotopic (exact) mass is 313 g/mol. The van der Waals surface area contributed by atoms with Crippen molar-refractivity contribution in [1.82, 2.24) is 5.32 Å².